The van der Waals surface area contributed by atoms with Crippen LogP contribution >= 0.6 is 0 Å². The van der Waals surface area contributed by atoms with E-state index in [4.69, 9.17) is 14.2 Å². The number of nitrogens with zero attached hydrogens (tertiary/aromatic N) is 3. The third kappa shape index (κ3) is 5.37. The van der Waals surface area contributed by atoms with Crippen molar-refractivity contribution in [3.8, 4) is 5.88 Å². The highest BCUT2D eigenvalue weighted by Crippen LogP contribution is 2.20. The van der Waals surface area contributed by atoms with Crippen molar-refractivity contribution < 1.29 is 23.8 Å². The molecule has 0 saturated carbocycles. The van der Waals surface area contributed by atoms with E-state index >= 15 is 0 Å². The number of rotatable bonds is 6. The lowest BCUT2D eigenvalue weighted by Crippen LogP contribution is -2.42. The Bertz CT molecular complexity index is 591. The second kappa shape index (κ2) is 8.73. The second-order valence-electron chi connectivity index (χ2n) is 6.49. The smallest absolute Gasteiger partial charge is 0.409 e. The first-order chi connectivity index (χ1) is 11.9. The van der Waals surface area contributed by atoms with Gasteiger partial charge in [0.1, 0.15) is 11.8 Å². The summed E-state index contributed by atoms with van der Waals surface area (Å²) in [6.07, 6.45) is 1.08. The van der Waals surface area contributed by atoms with E-state index in [0.717, 1.165) is 0 Å². The fourth-order valence-corrected chi connectivity index (χ4v) is 2.55. The SMILES string of the molecule is CCOC(=O)c1cc(OC2CCN(C(=O)OCC(C)C)CC2)nn1C. The standard InChI is InChI=1S/C17H27N3O5/c1-5-23-16(21)14-10-15(18-19(14)4)25-13-6-8-20(9-7-13)17(22)24-11-12(2)3/h10,12-13H,5-9,11H2,1-4H3. The first-order valence-electron chi connectivity index (χ1n) is 8.70. The highest BCUT2D eigenvalue weighted by atomic mass is 16.6. The maximum absolute atomic E-state index is 11.9. The average Bonchev–Trinajstić information content (AvgIpc) is 2.94. The number of aryl methyl sites for hydroxylation is 1. The molecule has 0 N–H and O–H groups in total. The molecule has 0 aromatic carbocycles. The van der Waals surface area contributed by atoms with E-state index in [9.17, 15) is 9.59 Å². The van der Waals surface area contributed by atoms with Gasteiger partial charge in [-0.1, -0.05) is 13.8 Å². The van der Waals surface area contributed by atoms with Gasteiger partial charge in [-0.2, -0.15) is 0 Å². The third-order valence-electron chi connectivity index (χ3n) is 3.87. The zero-order valence-electron chi connectivity index (χ0n) is 15.4. The first-order valence-corrected chi connectivity index (χ1v) is 8.70. The minimum atomic E-state index is -0.421. The second-order valence-corrected chi connectivity index (χ2v) is 6.49. The number of likely N-dealkylation sites (tertiary alicyclic amines) is 1. The summed E-state index contributed by atoms with van der Waals surface area (Å²) in [5.74, 6) is 0.295. The van der Waals surface area contributed by atoms with Crippen molar-refractivity contribution in [2.24, 2.45) is 13.0 Å². The number of ether oxygens (including phenoxy) is 3. The van der Waals surface area contributed by atoms with Crippen LogP contribution in [0, 0.1) is 5.92 Å². The molecular weight excluding hydrogens is 326 g/mol. The molecule has 8 heteroatoms. The molecule has 0 atom stereocenters. The van der Waals surface area contributed by atoms with Crippen molar-refractivity contribution in [3.05, 3.63) is 11.8 Å². The summed E-state index contributed by atoms with van der Waals surface area (Å²) >= 11 is 0. The molecule has 1 saturated heterocycles. The number of carbonyl (C=O) groups is 2. The van der Waals surface area contributed by atoms with Crippen LogP contribution in [0.1, 0.15) is 44.1 Å². The highest BCUT2D eigenvalue weighted by molar-refractivity contribution is 5.87. The van der Waals surface area contributed by atoms with Gasteiger partial charge in [0.15, 0.2) is 0 Å². The van der Waals surface area contributed by atoms with Crippen LogP contribution in [-0.2, 0) is 16.5 Å². The molecule has 0 aliphatic carbocycles. The molecule has 0 radical (unpaired) electrons. The van der Waals surface area contributed by atoms with E-state index < -0.39 is 5.97 Å². The van der Waals surface area contributed by atoms with Gasteiger partial charge in [-0.25, -0.2) is 9.59 Å². The summed E-state index contributed by atoms with van der Waals surface area (Å²) in [5.41, 5.74) is 0.353. The monoisotopic (exact) mass is 353 g/mol. The van der Waals surface area contributed by atoms with Gasteiger partial charge >= 0.3 is 12.1 Å². The van der Waals surface area contributed by atoms with Crippen molar-refractivity contribution in [1.82, 2.24) is 14.7 Å². The van der Waals surface area contributed by atoms with E-state index in [1.54, 1.807) is 24.9 Å². The van der Waals surface area contributed by atoms with Crippen molar-refractivity contribution >= 4 is 12.1 Å². The Kier molecular flexibility index (Phi) is 6.66. The quantitative estimate of drug-likeness (QED) is 0.730. The predicted molar refractivity (Wildman–Crippen MR) is 90.6 cm³/mol. The minimum absolute atomic E-state index is 0.0425. The summed E-state index contributed by atoms with van der Waals surface area (Å²) in [5, 5.41) is 4.20. The van der Waals surface area contributed by atoms with E-state index in [2.05, 4.69) is 5.10 Å². The number of hydrogen-bond donors (Lipinski definition) is 0. The zero-order chi connectivity index (χ0) is 18.4. The van der Waals surface area contributed by atoms with Gasteiger partial charge in [0.2, 0.25) is 5.88 Å². The zero-order valence-corrected chi connectivity index (χ0v) is 15.4. The molecule has 2 heterocycles. The number of amides is 1. The lowest BCUT2D eigenvalue weighted by Gasteiger charge is -2.31. The first kappa shape index (κ1) is 19.1. The largest absolute Gasteiger partial charge is 0.473 e. The fourth-order valence-electron chi connectivity index (χ4n) is 2.55. The Labute approximate surface area is 148 Å². The van der Waals surface area contributed by atoms with Gasteiger partial charge in [0.25, 0.3) is 0 Å². The van der Waals surface area contributed by atoms with Gasteiger partial charge in [0, 0.05) is 39.0 Å². The summed E-state index contributed by atoms with van der Waals surface area (Å²) in [4.78, 5) is 25.4. The average molecular weight is 353 g/mol. The van der Waals surface area contributed by atoms with Crippen molar-refractivity contribution in [3.63, 3.8) is 0 Å². The number of esters is 1. The lowest BCUT2D eigenvalue weighted by atomic mass is 10.1. The molecule has 25 heavy (non-hydrogen) atoms. The molecule has 1 aromatic rings. The topological polar surface area (TPSA) is 82.9 Å². The molecule has 1 aliphatic heterocycles. The minimum Gasteiger partial charge on any atom is -0.473 e. The van der Waals surface area contributed by atoms with Gasteiger partial charge < -0.3 is 19.1 Å². The summed E-state index contributed by atoms with van der Waals surface area (Å²) in [6.45, 7) is 7.67. The normalized spacial score (nSPS) is 15.3. The molecule has 1 aromatic heterocycles. The molecular formula is C17H27N3O5. The van der Waals surface area contributed by atoms with Crippen molar-refractivity contribution in [1.29, 1.82) is 0 Å². The molecule has 0 unspecified atom stereocenters. The van der Waals surface area contributed by atoms with E-state index in [1.165, 1.54) is 4.68 Å². The van der Waals surface area contributed by atoms with E-state index in [-0.39, 0.29) is 12.2 Å². The highest BCUT2D eigenvalue weighted by Gasteiger charge is 2.26. The van der Waals surface area contributed by atoms with Crippen LogP contribution in [0.15, 0.2) is 6.07 Å². The van der Waals surface area contributed by atoms with Gasteiger partial charge in [0.05, 0.1) is 13.2 Å². The third-order valence-corrected chi connectivity index (χ3v) is 3.87. The van der Waals surface area contributed by atoms with Crippen LogP contribution in [0.3, 0.4) is 0 Å². The van der Waals surface area contributed by atoms with Crippen LogP contribution < -0.4 is 4.74 Å². The number of carbonyl (C=O) groups excluding carboxylic acids is 2. The van der Waals surface area contributed by atoms with Crippen LogP contribution in [0.4, 0.5) is 4.79 Å². The van der Waals surface area contributed by atoms with E-state index in [1.807, 2.05) is 13.8 Å². The molecule has 1 amide bonds. The van der Waals surface area contributed by atoms with Crippen molar-refractivity contribution in [2.75, 3.05) is 26.3 Å². The molecule has 0 spiro atoms. The van der Waals surface area contributed by atoms with Gasteiger partial charge in [-0.3, -0.25) is 4.68 Å². The van der Waals surface area contributed by atoms with Crippen LogP contribution in [-0.4, -0.2) is 59.2 Å². The number of hydrogen-bond acceptors (Lipinski definition) is 6. The molecule has 1 fully saturated rings. The molecule has 1 aliphatic rings. The molecule has 8 nitrogen and oxygen atoms in total. The van der Waals surface area contributed by atoms with Crippen LogP contribution in [0.5, 0.6) is 5.88 Å². The van der Waals surface area contributed by atoms with Crippen LogP contribution in [0.25, 0.3) is 0 Å². The summed E-state index contributed by atoms with van der Waals surface area (Å²) in [6, 6.07) is 1.58. The number of piperidine rings is 1. The van der Waals surface area contributed by atoms with Crippen molar-refractivity contribution in [2.45, 2.75) is 39.7 Å². The summed E-state index contributed by atoms with van der Waals surface area (Å²) in [7, 11) is 1.67. The Balaban J connectivity index is 1.83. The van der Waals surface area contributed by atoms with Crippen LogP contribution in [0.2, 0.25) is 0 Å². The Morgan fingerprint density at radius 1 is 1.28 bits per heavy atom. The van der Waals surface area contributed by atoms with Gasteiger partial charge in [-0.05, 0) is 12.8 Å². The molecule has 140 valence electrons. The molecule has 0 bridgehead atoms. The van der Waals surface area contributed by atoms with Gasteiger partial charge in [-0.15, -0.1) is 5.10 Å². The maximum atomic E-state index is 11.9. The predicted octanol–water partition coefficient (Wildman–Crippen LogP) is 2.23. The molecule has 2 rings (SSSR count). The Morgan fingerprint density at radius 2 is 1.96 bits per heavy atom. The Morgan fingerprint density at radius 3 is 2.56 bits per heavy atom. The Hall–Kier alpha value is -2.25. The van der Waals surface area contributed by atoms with E-state index in [0.29, 0.717) is 56.6 Å². The maximum Gasteiger partial charge on any atom is 0.409 e. The fraction of sp³-hybridized carbons (Fsp3) is 0.706. The number of aromatic nitrogens is 2. The lowest BCUT2D eigenvalue weighted by molar-refractivity contribution is 0.0512. The summed E-state index contributed by atoms with van der Waals surface area (Å²) < 4.78 is 17.5.